The zero-order valence-corrected chi connectivity index (χ0v) is 9.56. The molecular weight excluding hydrogens is 196 g/mol. The maximum absolute atomic E-state index is 4.37. The van der Waals surface area contributed by atoms with Crippen LogP contribution in [0.3, 0.4) is 0 Å². The van der Waals surface area contributed by atoms with Crippen molar-refractivity contribution in [2.75, 3.05) is 13.6 Å². The topological polar surface area (TPSA) is 16.1 Å². The summed E-state index contributed by atoms with van der Waals surface area (Å²) < 4.78 is 0. The highest BCUT2D eigenvalue weighted by atomic mass is 15.1. The third-order valence-corrected chi connectivity index (χ3v) is 3.58. The number of nitrogens with zero attached hydrogens (tertiary/aromatic N) is 2. The molecule has 1 atom stereocenters. The molecule has 1 aromatic heterocycles. The van der Waals surface area contributed by atoms with Gasteiger partial charge in [-0.1, -0.05) is 24.3 Å². The van der Waals surface area contributed by atoms with Gasteiger partial charge in [0.05, 0.1) is 0 Å². The Morgan fingerprint density at radius 2 is 2.12 bits per heavy atom. The Labute approximate surface area is 95.9 Å². The van der Waals surface area contributed by atoms with Gasteiger partial charge in [0, 0.05) is 23.8 Å². The third kappa shape index (κ3) is 1.50. The second kappa shape index (κ2) is 3.87. The first-order chi connectivity index (χ1) is 7.86. The predicted molar refractivity (Wildman–Crippen MR) is 66.3 cm³/mol. The Morgan fingerprint density at radius 3 is 2.94 bits per heavy atom. The average Bonchev–Trinajstić information content (AvgIpc) is 2.75. The van der Waals surface area contributed by atoms with Gasteiger partial charge in [-0.3, -0.25) is 9.88 Å². The van der Waals surface area contributed by atoms with Crippen molar-refractivity contribution in [3.05, 3.63) is 42.2 Å². The molecule has 3 rings (SSSR count). The number of likely N-dealkylation sites (tertiary alicyclic amines) is 1. The third-order valence-electron chi connectivity index (χ3n) is 3.58. The molecule has 0 bridgehead atoms. The number of aromatic nitrogens is 1. The first-order valence-electron chi connectivity index (χ1n) is 5.89. The van der Waals surface area contributed by atoms with E-state index >= 15 is 0 Å². The fourth-order valence-corrected chi connectivity index (χ4v) is 2.71. The van der Waals surface area contributed by atoms with Crippen molar-refractivity contribution in [3.8, 4) is 0 Å². The summed E-state index contributed by atoms with van der Waals surface area (Å²) in [7, 11) is 2.21. The Bertz CT molecular complexity index is 502. The van der Waals surface area contributed by atoms with Crippen LogP contribution in [0.2, 0.25) is 0 Å². The van der Waals surface area contributed by atoms with Crippen LogP contribution in [0.1, 0.15) is 24.4 Å². The average molecular weight is 212 g/mol. The number of rotatable bonds is 1. The predicted octanol–water partition coefficient (Wildman–Crippen LogP) is 3.00. The summed E-state index contributed by atoms with van der Waals surface area (Å²) >= 11 is 0. The van der Waals surface area contributed by atoms with Gasteiger partial charge in [0.15, 0.2) is 0 Å². The second-order valence-electron chi connectivity index (χ2n) is 4.59. The summed E-state index contributed by atoms with van der Waals surface area (Å²) in [4.78, 5) is 6.80. The first-order valence-corrected chi connectivity index (χ1v) is 5.89. The molecule has 2 heteroatoms. The van der Waals surface area contributed by atoms with Crippen LogP contribution in [-0.2, 0) is 0 Å². The molecule has 0 radical (unpaired) electrons. The van der Waals surface area contributed by atoms with Crippen molar-refractivity contribution in [2.45, 2.75) is 18.9 Å². The van der Waals surface area contributed by atoms with Gasteiger partial charge in [-0.05, 0) is 37.4 Å². The maximum Gasteiger partial charge on any atom is 0.0366 e. The standard InChI is InChI=1S/C14H16N2/c1-16-8-4-7-14(16)13-10-15-9-11-5-2-3-6-12(11)13/h2-3,5-6,9-10,14H,4,7-8H2,1H3. The summed E-state index contributed by atoms with van der Waals surface area (Å²) in [5.74, 6) is 0. The Balaban J connectivity index is 2.16. The Morgan fingerprint density at radius 1 is 1.25 bits per heavy atom. The molecule has 2 aromatic rings. The number of hydrogen-bond donors (Lipinski definition) is 0. The lowest BCUT2D eigenvalue weighted by molar-refractivity contribution is 0.318. The SMILES string of the molecule is CN1CCCC1c1cncc2ccccc12. The minimum Gasteiger partial charge on any atom is -0.299 e. The molecule has 82 valence electrons. The summed E-state index contributed by atoms with van der Waals surface area (Å²) in [6, 6.07) is 9.09. The van der Waals surface area contributed by atoms with Crippen LogP contribution in [0.4, 0.5) is 0 Å². The van der Waals surface area contributed by atoms with Crippen molar-refractivity contribution in [3.63, 3.8) is 0 Å². The number of hydrogen-bond acceptors (Lipinski definition) is 2. The molecule has 1 aromatic carbocycles. The van der Waals surface area contributed by atoms with E-state index < -0.39 is 0 Å². The lowest BCUT2D eigenvalue weighted by atomic mass is 10.0. The van der Waals surface area contributed by atoms with Crippen LogP contribution in [0.15, 0.2) is 36.7 Å². The van der Waals surface area contributed by atoms with Gasteiger partial charge in [-0.2, -0.15) is 0 Å². The van der Waals surface area contributed by atoms with E-state index in [1.54, 1.807) is 0 Å². The highest BCUT2D eigenvalue weighted by Crippen LogP contribution is 2.33. The fourth-order valence-electron chi connectivity index (χ4n) is 2.71. The number of fused-ring (bicyclic) bond motifs is 1. The smallest absolute Gasteiger partial charge is 0.0366 e. The molecule has 1 aliphatic rings. The molecule has 2 nitrogen and oxygen atoms in total. The van der Waals surface area contributed by atoms with Crippen LogP contribution in [0.25, 0.3) is 10.8 Å². The van der Waals surface area contributed by atoms with Crippen LogP contribution < -0.4 is 0 Å². The van der Waals surface area contributed by atoms with E-state index in [0.717, 1.165) is 0 Å². The molecule has 0 spiro atoms. The van der Waals surface area contributed by atoms with Crippen molar-refractivity contribution in [1.82, 2.24) is 9.88 Å². The van der Waals surface area contributed by atoms with E-state index in [0.29, 0.717) is 6.04 Å². The quantitative estimate of drug-likeness (QED) is 0.722. The maximum atomic E-state index is 4.37. The largest absolute Gasteiger partial charge is 0.299 e. The van der Waals surface area contributed by atoms with Gasteiger partial charge < -0.3 is 0 Å². The first kappa shape index (κ1) is 9.79. The second-order valence-corrected chi connectivity index (χ2v) is 4.59. The molecule has 1 aliphatic heterocycles. The van der Waals surface area contributed by atoms with E-state index in [2.05, 4.69) is 41.2 Å². The van der Waals surface area contributed by atoms with Crippen molar-refractivity contribution in [1.29, 1.82) is 0 Å². The lowest BCUT2D eigenvalue weighted by Gasteiger charge is -2.20. The van der Waals surface area contributed by atoms with Gasteiger partial charge in [0.25, 0.3) is 0 Å². The zero-order valence-electron chi connectivity index (χ0n) is 9.56. The molecule has 0 N–H and O–H groups in total. The van der Waals surface area contributed by atoms with E-state index in [-0.39, 0.29) is 0 Å². The van der Waals surface area contributed by atoms with Crippen LogP contribution in [0.5, 0.6) is 0 Å². The Kier molecular flexibility index (Phi) is 2.37. The lowest BCUT2D eigenvalue weighted by Crippen LogP contribution is -2.17. The van der Waals surface area contributed by atoms with Crippen molar-refractivity contribution < 1.29 is 0 Å². The molecule has 1 saturated heterocycles. The fraction of sp³-hybridized carbons (Fsp3) is 0.357. The molecular formula is C14H16N2. The molecule has 16 heavy (non-hydrogen) atoms. The van der Waals surface area contributed by atoms with E-state index in [4.69, 9.17) is 0 Å². The van der Waals surface area contributed by atoms with Crippen LogP contribution in [0, 0.1) is 0 Å². The summed E-state index contributed by atoms with van der Waals surface area (Å²) in [5, 5.41) is 2.61. The molecule has 0 amide bonds. The summed E-state index contributed by atoms with van der Waals surface area (Å²) in [6.07, 6.45) is 6.54. The molecule has 1 unspecified atom stereocenters. The van der Waals surface area contributed by atoms with E-state index in [9.17, 15) is 0 Å². The van der Waals surface area contributed by atoms with Crippen LogP contribution >= 0.6 is 0 Å². The van der Waals surface area contributed by atoms with Crippen LogP contribution in [-0.4, -0.2) is 23.5 Å². The van der Waals surface area contributed by atoms with Crippen molar-refractivity contribution in [2.24, 2.45) is 0 Å². The van der Waals surface area contributed by atoms with E-state index in [1.807, 2.05) is 12.4 Å². The van der Waals surface area contributed by atoms with Gasteiger partial charge in [-0.15, -0.1) is 0 Å². The number of benzene rings is 1. The molecule has 0 saturated carbocycles. The normalized spacial score (nSPS) is 21.7. The van der Waals surface area contributed by atoms with Gasteiger partial charge >= 0.3 is 0 Å². The summed E-state index contributed by atoms with van der Waals surface area (Å²) in [5.41, 5.74) is 1.39. The van der Waals surface area contributed by atoms with E-state index in [1.165, 1.54) is 35.7 Å². The van der Waals surface area contributed by atoms with Gasteiger partial charge in [0.2, 0.25) is 0 Å². The zero-order chi connectivity index (χ0) is 11.0. The molecule has 0 aliphatic carbocycles. The highest BCUT2D eigenvalue weighted by molar-refractivity contribution is 5.85. The molecule has 1 fully saturated rings. The minimum atomic E-state index is 0.554. The van der Waals surface area contributed by atoms with Gasteiger partial charge in [0.1, 0.15) is 0 Å². The summed E-state index contributed by atoms with van der Waals surface area (Å²) in [6.45, 7) is 1.20. The van der Waals surface area contributed by atoms with Gasteiger partial charge in [-0.25, -0.2) is 0 Å². The minimum absolute atomic E-state index is 0.554. The highest BCUT2D eigenvalue weighted by Gasteiger charge is 2.23. The van der Waals surface area contributed by atoms with Crippen molar-refractivity contribution >= 4 is 10.8 Å². The number of pyridine rings is 1. The monoisotopic (exact) mass is 212 g/mol. The Hall–Kier alpha value is -1.41. The molecule has 2 heterocycles.